The number of hydrogen-bond donors (Lipinski definition) is 1. The smallest absolute Gasteiger partial charge is 0.227 e. The predicted octanol–water partition coefficient (Wildman–Crippen LogP) is 3.64. The van der Waals surface area contributed by atoms with E-state index >= 15 is 0 Å². The van der Waals surface area contributed by atoms with Crippen LogP contribution < -0.4 is 5.73 Å². The molecule has 3 atom stereocenters. The fraction of sp³-hybridized carbons (Fsp3) is 0.650. The first-order valence-corrected chi connectivity index (χ1v) is 9.50. The minimum Gasteiger partial charge on any atom is -0.338 e. The van der Waals surface area contributed by atoms with E-state index in [-0.39, 0.29) is 42.7 Å². The summed E-state index contributed by atoms with van der Waals surface area (Å²) in [6, 6.07) is 10.1. The van der Waals surface area contributed by atoms with Crippen LogP contribution >= 0.6 is 24.8 Å². The van der Waals surface area contributed by atoms with Gasteiger partial charge in [-0.3, -0.25) is 4.79 Å². The van der Waals surface area contributed by atoms with Crippen molar-refractivity contribution in [3.05, 3.63) is 35.9 Å². The Labute approximate surface area is 170 Å². The molecule has 3 unspecified atom stereocenters. The van der Waals surface area contributed by atoms with E-state index in [1.54, 1.807) is 0 Å². The number of nitrogens with two attached hydrogens (primary N) is 1. The van der Waals surface area contributed by atoms with E-state index in [4.69, 9.17) is 5.73 Å². The Hall–Kier alpha value is -0.810. The minimum absolute atomic E-state index is 0. The van der Waals surface area contributed by atoms with E-state index in [1.165, 1.54) is 32.4 Å². The van der Waals surface area contributed by atoms with Gasteiger partial charge in [-0.15, -0.1) is 24.8 Å². The second-order valence-corrected chi connectivity index (χ2v) is 7.41. The van der Waals surface area contributed by atoms with Gasteiger partial charge in [0, 0.05) is 25.2 Å². The molecule has 3 rings (SSSR count). The Bertz CT molecular complexity index is 537. The number of amides is 1. The van der Waals surface area contributed by atoms with E-state index in [2.05, 4.69) is 9.80 Å². The molecule has 4 nitrogen and oxygen atoms in total. The summed E-state index contributed by atoms with van der Waals surface area (Å²) in [5, 5.41) is 0. The largest absolute Gasteiger partial charge is 0.338 e. The molecule has 1 amide bonds. The molecular formula is C20H33Cl2N3O. The number of hydrogen-bond acceptors (Lipinski definition) is 3. The number of carbonyl (C=O) groups excluding carboxylic acids is 1. The average molecular weight is 402 g/mol. The lowest BCUT2D eigenvalue weighted by Crippen LogP contribution is -2.47. The normalized spacial score (nSPS) is 22.8. The zero-order valence-corrected chi connectivity index (χ0v) is 17.3. The minimum atomic E-state index is -0.227. The second kappa shape index (κ2) is 11.1. The molecule has 2 N–H and O–H groups in total. The number of nitrogens with zero attached hydrogens (tertiary/aromatic N) is 2. The zero-order valence-electron chi connectivity index (χ0n) is 15.7. The maximum Gasteiger partial charge on any atom is 0.227 e. The highest BCUT2D eigenvalue weighted by molar-refractivity contribution is 5.85. The van der Waals surface area contributed by atoms with Gasteiger partial charge in [0.05, 0.1) is 5.92 Å². The van der Waals surface area contributed by atoms with Gasteiger partial charge in [-0.25, -0.2) is 0 Å². The van der Waals surface area contributed by atoms with Gasteiger partial charge in [0.1, 0.15) is 0 Å². The third-order valence-corrected chi connectivity index (χ3v) is 5.69. The van der Waals surface area contributed by atoms with Crippen molar-refractivity contribution >= 4 is 30.7 Å². The monoisotopic (exact) mass is 401 g/mol. The van der Waals surface area contributed by atoms with E-state index in [0.29, 0.717) is 6.04 Å². The maximum atomic E-state index is 13.0. The summed E-state index contributed by atoms with van der Waals surface area (Å²) in [6.45, 7) is 6.30. The first-order valence-electron chi connectivity index (χ1n) is 9.50. The lowest BCUT2D eigenvalue weighted by atomic mass is 9.94. The van der Waals surface area contributed by atoms with Gasteiger partial charge < -0.3 is 15.5 Å². The van der Waals surface area contributed by atoms with Crippen molar-refractivity contribution in [1.82, 2.24) is 9.80 Å². The SMILES string of the molecule is CC(C(=O)N1CCCC1CN1CCCCC1)C(N)c1ccccc1.Cl.Cl. The molecule has 2 saturated heterocycles. The summed E-state index contributed by atoms with van der Waals surface area (Å²) >= 11 is 0. The van der Waals surface area contributed by atoms with Crippen molar-refractivity contribution in [3.8, 4) is 0 Å². The van der Waals surface area contributed by atoms with Gasteiger partial charge in [0.25, 0.3) is 0 Å². The highest BCUT2D eigenvalue weighted by Crippen LogP contribution is 2.26. The summed E-state index contributed by atoms with van der Waals surface area (Å²) in [6.07, 6.45) is 6.21. The molecule has 2 heterocycles. The molecule has 1 aromatic carbocycles. The Morgan fingerprint density at radius 2 is 1.73 bits per heavy atom. The summed E-state index contributed by atoms with van der Waals surface area (Å²) in [5.74, 6) is 0.0558. The zero-order chi connectivity index (χ0) is 16.9. The molecule has 0 aliphatic carbocycles. The van der Waals surface area contributed by atoms with Crippen LogP contribution in [0.2, 0.25) is 0 Å². The van der Waals surface area contributed by atoms with E-state index in [0.717, 1.165) is 31.5 Å². The third kappa shape index (κ3) is 5.59. The molecule has 2 aliphatic heterocycles. The van der Waals surface area contributed by atoms with Crippen molar-refractivity contribution in [2.24, 2.45) is 11.7 Å². The van der Waals surface area contributed by atoms with Crippen molar-refractivity contribution in [3.63, 3.8) is 0 Å². The fourth-order valence-electron chi connectivity index (χ4n) is 4.13. The molecule has 6 heteroatoms. The third-order valence-electron chi connectivity index (χ3n) is 5.69. The lowest BCUT2D eigenvalue weighted by Gasteiger charge is -2.34. The highest BCUT2D eigenvalue weighted by Gasteiger charge is 2.34. The average Bonchev–Trinajstić information content (AvgIpc) is 3.09. The number of halogens is 2. The summed E-state index contributed by atoms with van der Waals surface area (Å²) < 4.78 is 0. The van der Waals surface area contributed by atoms with Crippen LogP contribution in [0, 0.1) is 5.92 Å². The molecule has 1 aromatic rings. The molecule has 0 bridgehead atoms. The molecule has 2 fully saturated rings. The number of likely N-dealkylation sites (tertiary alicyclic amines) is 2. The molecular weight excluding hydrogens is 369 g/mol. The number of piperidine rings is 1. The van der Waals surface area contributed by atoms with Crippen LogP contribution in [0.4, 0.5) is 0 Å². The van der Waals surface area contributed by atoms with Crippen LogP contribution in [-0.2, 0) is 4.79 Å². The van der Waals surface area contributed by atoms with Crippen molar-refractivity contribution in [2.75, 3.05) is 26.2 Å². The molecule has 0 aromatic heterocycles. The Morgan fingerprint density at radius 3 is 2.38 bits per heavy atom. The van der Waals surface area contributed by atoms with E-state index in [1.807, 2.05) is 37.3 Å². The van der Waals surface area contributed by atoms with E-state index < -0.39 is 0 Å². The standard InChI is InChI=1S/C20H31N3O.2ClH/c1-16(19(21)17-9-4-2-5-10-17)20(24)23-14-8-11-18(23)15-22-12-6-3-7-13-22;;/h2,4-5,9-10,16,18-19H,3,6-8,11-15,21H2,1H3;2*1H. The van der Waals surface area contributed by atoms with Gasteiger partial charge in [0.15, 0.2) is 0 Å². The van der Waals surface area contributed by atoms with Gasteiger partial charge in [-0.1, -0.05) is 43.7 Å². The first-order chi connectivity index (χ1) is 11.7. The van der Waals surface area contributed by atoms with Gasteiger partial charge in [-0.05, 0) is 44.3 Å². The van der Waals surface area contributed by atoms with Gasteiger partial charge in [0.2, 0.25) is 5.91 Å². The van der Waals surface area contributed by atoms with Crippen LogP contribution in [0.3, 0.4) is 0 Å². The van der Waals surface area contributed by atoms with Crippen LogP contribution in [-0.4, -0.2) is 47.9 Å². The lowest BCUT2D eigenvalue weighted by molar-refractivity contribution is -0.136. The van der Waals surface area contributed by atoms with Crippen LogP contribution in [0.1, 0.15) is 50.6 Å². The molecule has 0 radical (unpaired) electrons. The van der Waals surface area contributed by atoms with Crippen LogP contribution in [0.15, 0.2) is 30.3 Å². The molecule has 2 aliphatic rings. The van der Waals surface area contributed by atoms with Gasteiger partial charge >= 0.3 is 0 Å². The Morgan fingerprint density at radius 1 is 1.08 bits per heavy atom. The Balaban J connectivity index is 0.00000169. The molecule has 26 heavy (non-hydrogen) atoms. The predicted molar refractivity (Wildman–Crippen MR) is 112 cm³/mol. The molecule has 0 saturated carbocycles. The molecule has 148 valence electrons. The van der Waals surface area contributed by atoms with Crippen LogP contribution in [0.25, 0.3) is 0 Å². The number of rotatable bonds is 5. The number of carbonyl (C=O) groups is 1. The second-order valence-electron chi connectivity index (χ2n) is 7.41. The maximum absolute atomic E-state index is 13.0. The van der Waals surface area contributed by atoms with Gasteiger partial charge in [-0.2, -0.15) is 0 Å². The van der Waals surface area contributed by atoms with Crippen molar-refractivity contribution in [2.45, 2.75) is 51.1 Å². The van der Waals surface area contributed by atoms with Crippen molar-refractivity contribution in [1.29, 1.82) is 0 Å². The first kappa shape index (κ1) is 23.2. The highest BCUT2D eigenvalue weighted by atomic mass is 35.5. The topological polar surface area (TPSA) is 49.6 Å². The molecule has 0 spiro atoms. The Kier molecular flexibility index (Phi) is 9.94. The summed E-state index contributed by atoms with van der Waals surface area (Å²) in [7, 11) is 0. The number of benzene rings is 1. The summed E-state index contributed by atoms with van der Waals surface area (Å²) in [5.41, 5.74) is 7.43. The quantitative estimate of drug-likeness (QED) is 0.818. The van der Waals surface area contributed by atoms with Crippen molar-refractivity contribution < 1.29 is 4.79 Å². The summed E-state index contributed by atoms with van der Waals surface area (Å²) in [4.78, 5) is 17.7. The van der Waals surface area contributed by atoms with Crippen LogP contribution in [0.5, 0.6) is 0 Å². The fourth-order valence-corrected chi connectivity index (χ4v) is 4.13. The van der Waals surface area contributed by atoms with E-state index in [9.17, 15) is 4.79 Å².